The second-order valence-corrected chi connectivity index (χ2v) is 10.1. The van der Waals surface area contributed by atoms with E-state index in [1.165, 1.54) is 38.5 Å². The summed E-state index contributed by atoms with van der Waals surface area (Å²) in [6.07, 6.45) is 16.2. The van der Waals surface area contributed by atoms with Crippen LogP contribution in [0.2, 0.25) is 0 Å². The first-order valence-electron chi connectivity index (χ1n) is 10.5. The van der Waals surface area contributed by atoms with Gasteiger partial charge in [-0.3, -0.25) is 4.79 Å². The van der Waals surface area contributed by atoms with E-state index in [0.29, 0.717) is 29.5 Å². The molecule has 0 aromatic carbocycles. The van der Waals surface area contributed by atoms with Crippen LogP contribution in [0.15, 0.2) is 0 Å². The van der Waals surface area contributed by atoms with E-state index in [9.17, 15) is 9.90 Å². The molecule has 4 aliphatic carbocycles. The number of hydrogen-bond acceptors (Lipinski definition) is 2. The van der Waals surface area contributed by atoms with E-state index in [4.69, 9.17) is 6.42 Å². The third-order valence-electron chi connectivity index (χ3n) is 9.30. The van der Waals surface area contributed by atoms with Crippen LogP contribution in [0.1, 0.15) is 78.1 Å². The Morgan fingerprint density at radius 3 is 2.52 bits per heavy atom. The van der Waals surface area contributed by atoms with Crippen LogP contribution in [0.25, 0.3) is 0 Å². The molecule has 8 atom stereocenters. The highest BCUT2D eigenvalue weighted by atomic mass is 16.3. The maximum absolute atomic E-state index is 12.6. The van der Waals surface area contributed by atoms with E-state index >= 15 is 0 Å². The summed E-state index contributed by atoms with van der Waals surface area (Å²) in [6, 6.07) is 0. The number of ketones is 1. The molecule has 0 radical (unpaired) electrons. The van der Waals surface area contributed by atoms with E-state index in [1.807, 2.05) is 0 Å². The third kappa shape index (κ3) is 2.53. The van der Waals surface area contributed by atoms with E-state index in [-0.39, 0.29) is 17.4 Å². The molecule has 0 amide bonds. The van der Waals surface area contributed by atoms with E-state index in [0.717, 1.165) is 31.1 Å². The molecule has 2 heteroatoms. The zero-order valence-electron chi connectivity index (χ0n) is 16.0. The molecule has 25 heavy (non-hydrogen) atoms. The number of aliphatic hydroxyl groups excluding tert-OH is 1. The van der Waals surface area contributed by atoms with Gasteiger partial charge >= 0.3 is 0 Å². The zero-order valence-corrected chi connectivity index (χ0v) is 16.0. The van der Waals surface area contributed by atoms with E-state index in [1.54, 1.807) is 0 Å². The van der Waals surface area contributed by atoms with Crippen molar-refractivity contribution < 1.29 is 9.90 Å². The van der Waals surface area contributed by atoms with Crippen molar-refractivity contribution >= 4 is 5.78 Å². The maximum Gasteiger partial charge on any atom is 0.148 e. The van der Waals surface area contributed by atoms with Crippen LogP contribution < -0.4 is 0 Å². The van der Waals surface area contributed by atoms with Gasteiger partial charge in [0.2, 0.25) is 0 Å². The molecule has 0 spiro atoms. The number of aliphatic hydroxyl groups is 1. The van der Waals surface area contributed by atoms with Crippen LogP contribution in [0.5, 0.6) is 0 Å². The van der Waals surface area contributed by atoms with Gasteiger partial charge in [0.25, 0.3) is 0 Å². The van der Waals surface area contributed by atoms with E-state index in [2.05, 4.69) is 19.8 Å². The monoisotopic (exact) mass is 342 g/mol. The van der Waals surface area contributed by atoms with Crippen molar-refractivity contribution in [3.8, 4) is 12.3 Å². The van der Waals surface area contributed by atoms with Crippen molar-refractivity contribution in [1.82, 2.24) is 0 Å². The Hall–Kier alpha value is -0.810. The minimum atomic E-state index is -0.0688. The highest BCUT2D eigenvalue weighted by molar-refractivity contribution is 5.84. The normalized spacial score (nSPS) is 51.8. The molecule has 0 aromatic rings. The van der Waals surface area contributed by atoms with Gasteiger partial charge in [-0.05, 0) is 92.3 Å². The highest BCUT2D eigenvalue weighted by Gasteiger charge is 2.60. The summed E-state index contributed by atoms with van der Waals surface area (Å²) >= 11 is 0. The smallest absolute Gasteiger partial charge is 0.148 e. The fourth-order valence-electron chi connectivity index (χ4n) is 7.99. The number of Topliss-reactive ketones (excluding diaryl/α,β-unsaturated/α-hetero) is 1. The molecule has 138 valence electrons. The van der Waals surface area contributed by atoms with Gasteiger partial charge in [0.05, 0.1) is 12.5 Å². The number of carbonyl (C=O) groups is 1. The minimum absolute atomic E-state index is 0.0688. The molecule has 4 fully saturated rings. The molecule has 0 aromatic heterocycles. The number of terminal acetylenes is 1. The summed E-state index contributed by atoms with van der Waals surface area (Å²) < 4.78 is 0. The van der Waals surface area contributed by atoms with Crippen molar-refractivity contribution in [2.45, 2.75) is 84.2 Å². The van der Waals surface area contributed by atoms with Crippen molar-refractivity contribution in [1.29, 1.82) is 0 Å². The summed E-state index contributed by atoms with van der Waals surface area (Å²) in [5.41, 5.74) is 0.608. The van der Waals surface area contributed by atoms with Gasteiger partial charge in [0.1, 0.15) is 5.78 Å². The molecule has 0 heterocycles. The van der Waals surface area contributed by atoms with Gasteiger partial charge in [-0.25, -0.2) is 0 Å². The third-order valence-corrected chi connectivity index (χ3v) is 9.30. The van der Waals surface area contributed by atoms with Crippen LogP contribution in [0, 0.1) is 52.8 Å². The first-order valence-corrected chi connectivity index (χ1v) is 10.5. The van der Waals surface area contributed by atoms with Gasteiger partial charge in [-0.1, -0.05) is 19.8 Å². The molecule has 4 rings (SSSR count). The van der Waals surface area contributed by atoms with Gasteiger partial charge < -0.3 is 5.11 Å². The number of rotatable bonds is 2. The SMILES string of the molecule is C#CCC(=O)[C@H]1CC[C@H]2[C@@H]3CC[C@@H]4C[C@H](O)CC[C@]4(C)[C@H]3CC[C@]12C. The first-order chi connectivity index (χ1) is 11.9. The number of hydrogen-bond donors (Lipinski definition) is 1. The van der Waals surface area contributed by atoms with Crippen molar-refractivity contribution in [3.05, 3.63) is 0 Å². The summed E-state index contributed by atoms with van der Waals surface area (Å²) in [7, 11) is 0. The van der Waals surface area contributed by atoms with Crippen LogP contribution in [-0.2, 0) is 4.79 Å². The maximum atomic E-state index is 12.6. The zero-order chi connectivity index (χ0) is 17.8. The summed E-state index contributed by atoms with van der Waals surface area (Å²) in [6.45, 7) is 4.93. The Kier molecular flexibility index (Phi) is 4.31. The summed E-state index contributed by atoms with van der Waals surface area (Å²) in [5.74, 6) is 6.13. The van der Waals surface area contributed by atoms with Crippen LogP contribution in [0.4, 0.5) is 0 Å². The number of fused-ring (bicyclic) bond motifs is 5. The predicted molar refractivity (Wildman–Crippen MR) is 99.7 cm³/mol. The quantitative estimate of drug-likeness (QED) is 0.745. The second kappa shape index (κ2) is 6.12. The molecule has 0 saturated heterocycles. The van der Waals surface area contributed by atoms with Gasteiger partial charge in [0.15, 0.2) is 0 Å². The average Bonchev–Trinajstić information content (AvgIpc) is 2.93. The molecular formula is C23H34O2. The van der Waals surface area contributed by atoms with Crippen LogP contribution in [0.3, 0.4) is 0 Å². The largest absolute Gasteiger partial charge is 0.393 e. The lowest BCUT2D eigenvalue weighted by molar-refractivity contribution is -0.139. The van der Waals surface area contributed by atoms with Crippen molar-refractivity contribution in [2.24, 2.45) is 40.4 Å². The molecule has 0 bridgehead atoms. The Morgan fingerprint density at radius 2 is 1.76 bits per heavy atom. The summed E-state index contributed by atoms with van der Waals surface area (Å²) in [4.78, 5) is 12.6. The standard InChI is InChI=1S/C23H34O2/c1-4-5-21(25)20-9-8-18-17-7-6-15-14-16(24)10-12-22(15,2)19(17)11-13-23(18,20)3/h1,15-20,24H,5-14H2,2-3H3/t15-,16-,17+,18+,19+,20-,22+,23+/m1/s1. The van der Waals surface area contributed by atoms with Crippen LogP contribution in [-0.4, -0.2) is 17.0 Å². The Bertz CT molecular complexity index is 589. The molecule has 4 saturated carbocycles. The van der Waals surface area contributed by atoms with Crippen LogP contribution >= 0.6 is 0 Å². The van der Waals surface area contributed by atoms with Crippen molar-refractivity contribution in [3.63, 3.8) is 0 Å². The molecule has 0 unspecified atom stereocenters. The average molecular weight is 343 g/mol. The summed E-state index contributed by atoms with van der Waals surface area (Å²) in [5, 5.41) is 10.1. The topological polar surface area (TPSA) is 37.3 Å². The van der Waals surface area contributed by atoms with Gasteiger partial charge in [0, 0.05) is 5.92 Å². The number of carbonyl (C=O) groups excluding carboxylic acids is 1. The Morgan fingerprint density at radius 1 is 1.04 bits per heavy atom. The molecule has 4 aliphatic rings. The molecule has 1 N–H and O–H groups in total. The van der Waals surface area contributed by atoms with Crippen molar-refractivity contribution in [2.75, 3.05) is 0 Å². The first kappa shape index (κ1) is 17.6. The Balaban J connectivity index is 1.58. The predicted octanol–water partition coefficient (Wildman–Crippen LogP) is 4.60. The van der Waals surface area contributed by atoms with Gasteiger partial charge in [-0.2, -0.15) is 0 Å². The highest BCUT2D eigenvalue weighted by Crippen LogP contribution is 2.67. The lowest BCUT2D eigenvalue weighted by Crippen LogP contribution is -2.54. The molecule has 0 aliphatic heterocycles. The lowest BCUT2D eigenvalue weighted by atomic mass is 9.44. The fraction of sp³-hybridized carbons (Fsp3) is 0.870. The lowest BCUT2D eigenvalue weighted by Gasteiger charge is -2.60. The van der Waals surface area contributed by atoms with Gasteiger partial charge in [-0.15, -0.1) is 6.42 Å². The molecule has 2 nitrogen and oxygen atoms in total. The fourth-order valence-corrected chi connectivity index (χ4v) is 7.99. The minimum Gasteiger partial charge on any atom is -0.393 e. The second-order valence-electron chi connectivity index (χ2n) is 10.1. The molecular weight excluding hydrogens is 308 g/mol. The van der Waals surface area contributed by atoms with E-state index < -0.39 is 0 Å². The Labute approximate surface area is 153 Å².